The number of nitrogens with one attached hydrogen (secondary N) is 1. The molecule has 1 N–H and O–H groups in total. The van der Waals surface area contributed by atoms with Crippen LogP contribution in [0.25, 0.3) is 0 Å². The Morgan fingerprint density at radius 1 is 1.08 bits per heavy atom. The highest BCUT2D eigenvalue weighted by Crippen LogP contribution is 2.25. The fraction of sp³-hybridized carbons (Fsp3) is 0.368. The van der Waals surface area contributed by atoms with Gasteiger partial charge in [0, 0.05) is 6.04 Å². The SMILES string of the molecule is COc1cc(C)c(S(=O)(=O)N[C@H](C)CCc2ccccc2)c(C)c1. The van der Waals surface area contributed by atoms with E-state index in [1.165, 1.54) is 5.56 Å². The summed E-state index contributed by atoms with van der Waals surface area (Å²) in [6.45, 7) is 5.48. The summed E-state index contributed by atoms with van der Waals surface area (Å²) in [6.07, 6.45) is 1.59. The first-order valence-corrected chi connectivity index (χ1v) is 9.53. The minimum atomic E-state index is -3.56. The molecule has 0 bridgehead atoms. The largest absolute Gasteiger partial charge is 0.497 e. The number of benzene rings is 2. The van der Waals surface area contributed by atoms with Gasteiger partial charge in [0.25, 0.3) is 0 Å². The van der Waals surface area contributed by atoms with Gasteiger partial charge in [-0.25, -0.2) is 13.1 Å². The van der Waals surface area contributed by atoms with Crippen molar-refractivity contribution in [2.45, 2.75) is 44.6 Å². The minimum absolute atomic E-state index is 0.142. The van der Waals surface area contributed by atoms with Crippen LogP contribution in [-0.4, -0.2) is 21.6 Å². The first-order valence-electron chi connectivity index (χ1n) is 8.05. The van der Waals surface area contributed by atoms with Crippen molar-refractivity contribution < 1.29 is 13.2 Å². The molecule has 0 aromatic heterocycles. The fourth-order valence-electron chi connectivity index (χ4n) is 2.86. The van der Waals surface area contributed by atoms with Crippen molar-refractivity contribution in [2.24, 2.45) is 0 Å². The van der Waals surface area contributed by atoms with E-state index in [-0.39, 0.29) is 6.04 Å². The second-order valence-corrected chi connectivity index (χ2v) is 7.79. The lowest BCUT2D eigenvalue weighted by Gasteiger charge is -2.17. The monoisotopic (exact) mass is 347 g/mol. The molecule has 2 aromatic rings. The van der Waals surface area contributed by atoms with Crippen LogP contribution in [0.3, 0.4) is 0 Å². The van der Waals surface area contributed by atoms with Crippen LogP contribution in [-0.2, 0) is 16.4 Å². The molecular weight excluding hydrogens is 322 g/mol. The Balaban J connectivity index is 2.10. The van der Waals surface area contributed by atoms with Crippen molar-refractivity contribution in [3.8, 4) is 5.75 Å². The third-order valence-corrected chi connectivity index (χ3v) is 5.90. The highest BCUT2D eigenvalue weighted by Gasteiger charge is 2.22. The Hall–Kier alpha value is -1.85. The lowest BCUT2D eigenvalue weighted by molar-refractivity contribution is 0.413. The molecule has 0 saturated carbocycles. The smallest absolute Gasteiger partial charge is 0.241 e. The molecule has 130 valence electrons. The van der Waals surface area contributed by atoms with E-state index in [4.69, 9.17) is 4.74 Å². The van der Waals surface area contributed by atoms with Gasteiger partial charge in [-0.05, 0) is 62.4 Å². The zero-order valence-electron chi connectivity index (χ0n) is 14.7. The van der Waals surface area contributed by atoms with Crippen LogP contribution in [0, 0.1) is 13.8 Å². The topological polar surface area (TPSA) is 55.4 Å². The molecule has 0 heterocycles. The van der Waals surface area contributed by atoms with E-state index in [1.807, 2.05) is 25.1 Å². The molecular formula is C19H25NO3S. The Bertz CT molecular complexity index is 763. The molecule has 0 aliphatic carbocycles. The van der Waals surface area contributed by atoms with Crippen molar-refractivity contribution in [1.82, 2.24) is 4.72 Å². The fourth-order valence-corrected chi connectivity index (χ4v) is 4.59. The second-order valence-electron chi connectivity index (χ2n) is 6.14. The van der Waals surface area contributed by atoms with Crippen LogP contribution >= 0.6 is 0 Å². The first-order chi connectivity index (χ1) is 11.3. The minimum Gasteiger partial charge on any atom is -0.497 e. The summed E-state index contributed by atoms with van der Waals surface area (Å²) in [5, 5.41) is 0. The maximum atomic E-state index is 12.7. The van der Waals surface area contributed by atoms with E-state index in [1.54, 1.807) is 33.1 Å². The van der Waals surface area contributed by atoms with Gasteiger partial charge in [0.1, 0.15) is 5.75 Å². The predicted molar refractivity (Wildman–Crippen MR) is 97.0 cm³/mol. The van der Waals surface area contributed by atoms with Crippen LogP contribution < -0.4 is 9.46 Å². The van der Waals surface area contributed by atoms with E-state index in [2.05, 4.69) is 16.9 Å². The lowest BCUT2D eigenvalue weighted by Crippen LogP contribution is -2.33. The summed E-state index contributed by atoms with van der Waals surface area (Å²) in [5.74, 6) is 0.668. The Morgan fingerprint density at radius 3 is 2.21 bits per heavy atom. The predicted octanol–water partition coefficient (Wildman–Crippen LogP) is 3.61. The maximum Gasteiger partial charge on any atom is 0.241 e. The lowest BCUT2D eigenvalue weighted by atomic mass is 10.1. The highest BCUT2D eigenvalue weighted by molar-refractivity contribution is 7.89. The number of hydrogen-bond donors (Lipinski definition) is 1. The third kappa shape index (κ3) is 4.58. The quantitative estimate of drug-likeness (QED) is 0.832. The number of rotatable bonds is 7. The molecule has 0 spiro atoms. The summed E-state index contributed by atoms with van der Waals surface area (Å²) in [4.78, 5) is 0.342. The number of aryl methyl sites for hydroxylation is 3. The average molecular weight is 347 g/mol. The molecule has 0 aliphatic heterocycles. The van der Waals surface area contributed by atoms with Gasteiger partial charge in [-0.1, -0.05) is 30.3 Å². The van der Waals surface area contributed by atoms with Gasteiger partial charge < -0.3 is 4.74 Å². The third-order valence-electron chi connectivity index (χ3n) is 4.00. The molecule has 24 heavy (non-hydrogen) atoms. The van der Waals surface area contributed by atoms with E-state index >= 15 is 0 Å². The average Bonchev–Trinajstić information content (AvgIpc) is 2.52. The zero-order chi connectivity index (χ0) is 17.7. The van der Waals surface area contributed by atoms with Gasteiger partial charge >= 0.3 is 0 Å². The van der Waals surface area contributed by atoms with Crippen molar-refractivity contribution in [3.63, 3.8) is 0 Å². The maximum absolute atomic E-state index is 12.7. The van der Waals surface area contributed by atoms with Gasteiger partial charge in [-0.2, -0.15) is 0 Å². The van der Waals surface area contributed by atoms with Crippen molar-refractivity contribution in [2.75, 3.05) is 7.11 Å². The summed E-state index contributed by atoms with van der Waals surface area (Å²) in [7, 11) is -1.98. The van der Waals surface area contributed by atoms with Crippen LogP contribution in [0.5, 0.6) is 5.75 Å². The van der Waals surface area contributed by atoms with Crippen molar-refractivity contribution in [1.29, 1.82) is 0 Å². The van der Waals surface area contributed by atoms with Gasteiger partial charge in [-0.3, -0.25) is 0 Å². The number of methoxy groups -OCH3 is 1. The highest BCUT2D eigenvalue weighted by atomic mass is 32.2. The summed E-state index contributed by atoms with van der Waals surface area (Å²) in [5.41, 5.74) is 2.59. The molecule has 0 unspecified atom stereocenters. The Morgan fingerprint density at radius 2 is 1.67 bits per heavy atom. The van der Waals surface area contributed by atoms with Crippen LogP contribution in [0.1, 0.15) is 30.0 Å². The molecule has 0 aliphatic rings. The molecule has 0 amide bonds. The van der Waals surface area contributed by atoms with Crippen LogP contribution in [0.2, 0.25) is 0 Å². The normalized spacial score (nSPS) is 12.8. The molecule has 2 rings (SSSR count). The summed E-state index contributed by atoms with van der Waals surface area (Å²) < 4.78 is 33.5. The molecule has 1 atom stereocenters. The molecule has 2 aromatic carbocycles. The second kappa shape index (κ2) is 7.81. The van der Waals surface area contributed by atoms with Crippen LogP contribution in [0.15, 0.2) is 47.4 Å². The van der Waals surface area contributed by atoms with Crippen molar-refractivity contribution in [3.05, 3.63) is 59.2 Å². The van der Waals surface area contributed by atoms with E-state index in [0.717, 1.165) is 12.8 Å². The van der Waals surface area contributed by atoms with Crippen molar-refractivity contribution >= 4 is 10.0 Å². The van der Waals surface area contributed by atoms with Gasteiger partial charge in [0.15, 0.2) is 0 Å². The van der Waals surface area contributed by atoms with Gasteiger partial charge in [-0.15, -0.1) is 0 Å². The number of sulfonamides is 1. The van der Waals surface area contributed by atoms with E-state index < -0.39 is 10.0 Å². The standard InChI is InChI=1S/C19H25NO3S/c1-14-12-18(23-4)13-15(2)19(14)24(21,22)20-16(3)10-11-17-8-6-5-7-9-17/h5-9,12-13,16,20H,10-11H2,1-4H3/t16-/m1/s1. The zero-order valence-corrected chi connectivity index (χ0v) is 15.5. The first kappa shape index (κ1) is 18.5. The Kier molecular flexibility index (Phi) is 6.02. The number of hydrogen-bond acceptors (Lipinski definition) is 3. The molecule has 0 fully saturated rings. The van der Waals surface area contributed by atoms with E-state index in [0.29, 0.717) is 21.8 Å². The number of ether oxygens (including phenoxy) is 1. The van der Waals surface area contributed by atoms with E-state index in [9.17, 15) is 8.42 Å². The van der Waals surface area contributed by atoms with Gasteiger partial charge in [0.2, 0.25) is 10.0 Å². The summed E-state index contributed by atoms with van der Waals surface area (Å²) in [6, 6.07) is 13.4. The molecule has 0 radical (unpaired) electrons. The van der Waals surface area contributed by atoms with Crippen LogP contribution in [0.4, 0.5) is 0 Å². The van der Waals surface area contributed by atoms with Gasteiger partial charge in [0.05, 0.1) is 12.0 Å². The molecule has 0 saturated heterocycles. The Labute approximate surface area is 144 Å². The summed E-state index contributed by atoms with van der Waals surface area (Å²) >= 11 is 0. The molecule has 4 nitrogen and oxygen atoms in total. The molecule has 5 heteroatoms.